The van der Waals surface area contributed by atoms with Gasteiger partial charge in [0.2, 0.25) is 0 Å². The van der Waals surface area contributed by atoms with Gasteiger partial charge in [0.05, 0.1) is 6.42 Å². The number of nitrogens with one attached hydrogen (secondary N) is 2. The van der Waals surface area contributed by atoms with E-state index in [9.17, 15) is 19.2 Å². The second kappa shape index (κ2) is 12.1. The van der Waals surface area contributed by atoms with Crippen molar-refractivity contribution >= 4 is 24.4 Å². The fraction of sp³-hybridized carbons (Fsp3) is 0.733. The molecule has 0 aliphatic rings. The molecule has 0 aromatic rings. The Morgan fingerprint density at radius 1 is 1.04 bits per heavy atom. The number of aliphatic carboxylic acids is 2. The first kappa shape index (κ1) is 21.7. The molecule has 2 unspecified atom stereocenters. The first-order chi connectivity index (χ1) is 11.3. The number of hydrogen-bond acceptors (Lipinski definition) is 5. The number of amides is 2. The topological polar surface area (TPSA) is 142 Å². The maximum Gasteiger partial charge on any atom is 0.326 e. The van der Waals surface area contributed by atoms with E-state index in [1.165, 1.54) is 0 Å². The van der Waals surface area contributed by atoms with E-state index in [2.05, 4.69) is 29.2 Å². The fourth-order valence-corrected chi connectivity index (χ4v) is 2.00. The summed E-state index contributed by atoms with van der Waals surface area (Å²) in [6.07, 6.45) is 1.22. The summed E-state index contributed by atoms with van der Waals surface area (Å²) in [6.45, 7) is 4.24. The summed E-state index contributed by atoms with van der Waals surface area (Å²) in [6, 6.07) is -1.89. The van der Waals surface area contributed by atoms with Crippen LogP contribution in [0.1, 0.15) is 52.4 Å². The molecule has 4 N–H and O–H groups in total. The van der Waals surface area contributed by atoms with E-state index in [1.807, 2.05) is 0 Å². The molecule has 0 aromatic carbocycles. The summed E-state index contributed by atoms with van der Waals surface area (Å²) in [5, 5.41) is 22.3. The molecule has 0 radical (unpaired) electrons. The number of carbonyl (C=O) groups excluding carboxylic acids is 2. The predicted molar refractivity (Wildman–Crippen MR) is 84.2 cm³/mol. The zero-order valence-corrected chi connectivity index (χ0v) is 14.0. The van der Waals surface area contributed by atoms with Crippen molar-refractivity contribution in [2.45, 2.75) is 64.6 Å². The van der Waals surface area contributed by atoms with E-state index in [0.29, 0.717) is 12.3 Å². The predicted octanol–water partition coefficient (Wildman–Crippen LogP) is 1.32. The van der Waals surface area contributed by atoms with Crippen molar-refractivity contribution in [3.05, 3.63) is 0 Å². The van der Waals surface area contributed by atoms with Gasteiger partial charge in [0.1, 0.15) is 6.04 Å². The highest BCUT2D eigenvalue weighted by molar-refractivity contribution is 5.82. The van der Waals surface area contributed by atoms with Crippen LogP contribution in [-0.2, 0) is 19.1 Å². The first-order valence-corrected chi connectivity index (χ1v) is 7.87. The highest BCUT2D eigenvalue weighted by atomic mass is 16.5. The largest absolute Gasteiger partial charge is 0.481 e. The van der Waals surface area contributed by atoms with Crippen molar-refractivity contribution in [3.8, 4) is 0 Å². The van der Waals surface area contributed by atoms with Crippen LogP contribution in [0, 0.1) is 5.92 Å². The van der Waals surface area contributed by atoms with Crippen LogP contribution in [0.25, 0.3) is 0 Å². The molecular weight excluding hydrogens is 320 g/mol. The molecule has 24 heavy (non-hydrogen) atoms. The lowest BCUT2D eigenvalue weighted by molar-refractivity contribution is -0.141. The standard InChI is InChI=1S/C15H26N2O7/c1-10(2)5-3-4-6-11(14(21)22)16-15(23)17-12(24-9-18)7-8-13(19)20/h9-12H,3-8H2,1-2H3,(H,19,20)(H,21,22)(H2,16,17,23). The van der Waals surface area contributed by atoms with E-state index >= 15 is 0 Å². The Bertz CT molecular complexity index is 426. The Labute approximate surface area is 140 Å². The van der Waals surface area contributed by atoms with E-state index < -0.39 is 30.2 Å². The van der Waals surface area contributed by atoms with Crippen LogP contribution < -0.4 is 10.6 Å². The van der Waals surface area contributed by atoms with Crippen molar-refractivity contribution in [1.82, 2.24) is 10.6 Å². The number of carboxylic acid groups (broad SMARTS) is 2. The van der Waals surface area contributed by atoms with Crippen molar-refractivity contribution in [2.75, 3.05) is 0 Å². The van der Waals surface area contributed by atoms with Gasteiger partial charge in [-0.15, -0.1) is 0 Å². The van der Waals surface area contributed by atoms with Crippen LogP contribution in [0.5, 0.6) is 0 Å². The van der Waals surface area contributed by atoms with Crippen molar-refractivity contribution in [1.29, 1.82) is 0 Å². The molecule has 0 heterocycles. The van der Waals surface area contributed by atoms with Crippen molar-refractivity contribution in [2.24, 2.45) is 5.92 Å². The van der Waals surface area contributed by atoms with Gasteiger partial charge in [0.25, 0.3) is 6.47 Å². The molecule has 138 valence electrons. The Balaban J connectivity index is 4.38. The summed E-state index contributed by atoms with van der Waals surface area (Å²) in [7, 11) is 0. The first-order valence-electron chi connectivity index (χ1n) is 7.87. The molecule has 0 spiro atoms. The maximum absolute atomic E-state index is 11.8. The van der Waals surface area contributed by atoms with Crippen LogP contribution in [0.2, 0.25) is 0 Å². The van der Waals surface area contributed by atoms with Gasteiger partial charge in [-0.05, 0) is 12.3 Å². The number of hydrogen-bond donors (Lipinski definition) is 4. The van der Waals surface area contributed by atoms with Gasteiger partial charge < -0.3 is 25.6 Å². The lowest BCUT2D eigenvalue weighted by Gasteiger charge is -2.19. The van der Waals surface area contributed by atoms with Gasteiger partial charge in [-0.25, -0.2) is 9.59 Å². The summed E-state index contributed by atoms with van der Waals surface area (Å²) in [5.41, 5.74) is 0. The normalized spacial score (nSPS) is 13.0. The number of carbonyl (C=O) groups is 4. The number of unbranched alkanes of at least 4 members (excludes halogenated alkanes) is 1. The van der Waals surface area contributed by atoms with Gasteiger partial charge in [-0.3, -0.25) is 9.59 Å². The average molecular weight is 346 g/mol. The summed E-state index contributed by atoms with van der Waals surface area (Å²) in [4.78, 5) is 43.9. The second-order valence-corrected chi connectivity index (χ2v) is 5.84. The fourth-order valence-electron chi connectivity index (χ4n) is 2.00. The molecule has 0 fully saturated rings. The molecule has 0 saturated carbocycles. The summed E-state index contributed by atoms with van der Waals surface area (Å²) >= 11 is 0. The molecular formula is C15H26N2O7. The lowest BCUT2D eigenvalue weighted by Crippen LogP contribution is -2.49. The molecule has 0 aliphatic heterocycles. The number of ether oxygens (including phenoxy) is 1. The lowest BCUT2D eigenvalue weighted by atomic mass is 10.0. The van der Waals surface area contributed by atoms with E-state index in [1.54, 1.807) is 0 Å². The second-order valence-electron chi connectivity index (χ2n) is 5.84. The number of carboxylic acids is 2. The average Bonchev–Trinajstić information content (AvgIpc) is 2.47. The third-order valence-corrected chi connectivity index (χ3v) is 3.26. The van der Waals surface area contributed by atoms with Crippen LogP contribution >= 0.6 is 0 Å². The SMILES string of the molecule is CC(C)CCCCC(NC(=O)NC(CCC(=O)O)OC=O)C(=O)O. The van der Waals surface area contributed by atoms with Crippen molar-refractivity contribution in [3.63, 3.8) is 0 Å². The number of rotatable bonds is 13. The number of urea groups is 1. The molecule has 9 nitrogen and oxygen atoms in total. The quantitative estimate of drug-likeness (QED) is 0.224. The molecule has 2 amide bonds. The Morgan fingerprint density at radius 3 is 2.17 bits per heavy atom. The summed E-state index contributed by atoms with van der Waals surface area (Å²) in [5.74, 6) is -1.74. The smallest absolute Gasteiger partial charge is 0.326 e. The minimum absolute atomic E-state index is 0.0907. The van der Waals surface area contributed by atoms with E-state index in [0.717, 1.165) is 12.8 Å². The minimum atomic E-state index is -1.16. The van der Waals surface area contributed by atoms with Crippen LogP contribution in [0.4, 0.5) is 4.79 Å². The van der Waals surface area contributed by atoms with Gasteiger partial charge in [0, 0.05) is 6.42 Å². The molecule has 0 aromatic heterocycles. The Hall–Kier alpha value is -2.32. The molecule has 0 saturated heterocycles. The molecule has 9 heteroatoms. The van der Waals surface area contributed by atoms with Gasteiger partial charge in [-0.1, -0.05) is 33.1 Å². The third-order valence-electron chi connectivity index (χ3n) is 3.26. The molecule has 2 atom stereocenters. The van der Waals surface area contributed by atoms with Crippen LogP contribution in [0.3, 0.4) is 0 Å². The van der Waals surface area contributed by atoms with Crippen LogP contribution in [-0.4, -0.2) is 46.9 Å². The third kappa shape index (κ3) is 11.3. The van der Waals surface area contributed by atoms with Crippen molar-refractivity contribution < 1.29 is 34.1 Å². The minimum Gasteiger partial charge on any atom is -0.481 e. The maximum atomic E-state index is 11.8. The van der Waals surface area contributed by atoms with E-state index in [4.69, 9.17) is 10.2 Å². The zero-order chi connectivity index (χ0) is 18.5. The zero-order valence-electron chi connectivity index (χ0n) is 14.0. The highest BCUT2D eigenvalue weighted by Crippen LogP contribution is 2.10. The molecule has 0 bridgehead atoms. The summed E-state index contributed by atoms with van der Waals surface area (Å²) < 4.78 is 4.57. The monoisotopic (exact) mass is 346 g/mol. The van der Waals surface area contributed by atoms with Gasteiger partial charge in [0.15, 0.2) is 6.23 Å². The molecule has 0 rings (SSSR count). The van der Waals surface area contributed by atoms with E-state index in [-0.39, 0.29) is 25.7 Å². The van der Waals surface area contributed by atoms with Gasteiger partial charge in [-0.2, -0.15) is 0 Å². The Kier molecular flexibility index (Phi) is 11.0. The Morgan fingerprint density at radius 2 is 1.67 bits per heavy atom. The molecule has 0 aliphatic carbocycles. The van der Waals surface area contributed by atoms with Crippen LogP contribution in [0.15, 0.2) is 0 Å². The highest BCUT2D eigenvalue weighted by Gasteiger charge is 2.22. The van der Waals surface area contributed by atoms with Gasteiger partial charge >= 0.3 is 18.0 Å².